The Morgan fingerprint density at radius 1 is 1.03 bits per heavy atom. The summed E-state index contributed by atoms with van der Waals surface area (Å²) in [5.74, 6) is -2.62. The minimum absolute atomic E-state index is 0.170. The lowest BCUT2D eigenvalue weighted by Gasteiger charge is -2.31. The van der Waals surface area contributed by atoms with E-state index < -0.39 is 17.5 Å². The summed E-state index contributed by atoms with van der Waals surface area (Å²) in [5, 5.41) is 9.24. The van der Waals surface area contributed by atoms with Gasteiger partial charge in [0.25, 0.3) is 11.5 Å². The minimum Gasteiger partial charge on any atom is -0.339 e. The highest BCUT2D eigenvalue weighted by Gasteiger charge is 2.29. The third kappa shape index (κ3) is 4.72. The highest BCUT2D eigenvalue weighted by atomic mass is 19.1. The van der Waals surface area contributed by atoms with Crippen molar-refractivity contribution in [1.82, 2.24) is 15.1 Å². The van der Waals surface area contributed by atoms with Gasteiger partial charge in [-0.15, -0.1) is 0 Å². The van der Waals surface area contributed by atoms with Gasteiger partial charge in [-0.3, -0.25) is 14.4 Å². The van der Waals surface area contributed by atoms with Crippen LogP contribution in [0.2, 0.25) is 0 Å². The van der Waals surface area contributed by atoms with Crippen molar-refractivity contribution in [2.75, 3.05) is 18.4 Å². The summed E-state index contributed by atoms with van der Waals surface area (Å²) in [4.78, 5) is 37.9. The first-order chi connectivity index (χ1) is 15.4. The number of H-pyrrole nitrogens is 1. The van der Waals surface area contributed by atoms with E-state index in [0.717, 1.165) is 17.7 Å². The first kappa shape index (κ1) is 21.4. The summed E-state index contributed by atoms with van der Waals surface area (Å²) in [7, 11) is 0. The second kappa shape index (κ2) is 9.09. The van der Waals surface area contributed by atoms with E-state index in [9.17, 15) is 23.2 Å². The minimum atomic E-state index is -0.897. The standard InChI is InChI=1S/C23H20F2N4O3/c24-16-4-5-18(19(25)13-16)23(32)29-10-8-14(9-11-29)22(31)26-17-3-1-2-15(12-17)20-6-7-21(30)28-27-20/h1-7,12-14H,8-11H2,(H,26,31)(H,28,30). The quantitative estimate of drug-likeness (QED) is 0.654. The smallest absolute Gasteiger partial charge is 0.264 e. The van der Waals surface area contributed by atoms with Crippen LogP contribution >= 0.6 is 0 Å². The van der Waals surface area contributed by atoms with Crippen LogP contribution in [0.5, 0.6) is 0 Å². The van der Waals surface area contributed by atoms with E-state index in [1.54, 1.807) is 24.3 Å². The number of piperidine rings is 1. The molecule has 9 heteroatoms. The van der Waals surface area contributed by atoms with Crippen LogP contribution in [-0.2, 0) is 4.79 Å². The van der Waals surface area contributed by atoms with Gasteiger partial charge in [0.2, 0.25) is 5.91 Å². The Morgan fingerprint density at radius 2 is 1.81 bits per heavy atom. The molecule has 2 amide bonds. The molecule has 0 saturated carbocycles. The van der Waals surface area contributed by atoms with Gasteiger partial charge in [-0.1, -0.05) is 12.1 Å². The lowest BCUT2D eigenvalue weighted by molar-refractivity contribution is -0.121. The first-order valence-electron chi connectivity index (χ1n) is 10.1. The van der Waals surface area contributed by atoms with Crippen molar-refractivity contribution in [2.45, 2.75) is 12.8 Å². The number of nitrogens with zero attached hydrogens (tertiary/aromatic N) is 2. The van der Waals surface area contributed by atoms with Gasteiger partial charge < -0.3 is 10.2 Å². The molecule has 4 rings (SSSR count). The molecule has 32 heavy (non-hydrogen) atoms. The summed E-state index contributed by atoms with van der Waals surface area (Å²) in [5.41, 5.74) is 1.42. The van der Waals surface area contributed by atoms with Crippen LogP contribution < -0.4 is 10.9 Å². The van der Waals surface area contributed by atoms with Crippen LogP contribution in [-0.4, -0.2) is 40.0 Å². The van der Waals surface area contributed by atoms with Gasteiger partial charge in [-0.25, -0.2) is 13.9 Å². The predicted molar refractivity (Wildman–Crippen MR) is 114 cm³/mol. The fraction of sp³-hybridized carbons (Fsp3) is 0.217. The number of carbonyl (C=O) groups excluding carboxylic acids is 2. The molecule has 1 aliphatic rings. The fourth-order valence-electron chi connectivity index (χ4n) is 3.68. The molecular weight excluding hydrogens is 418 g/mol. The number of hydrogen-bond acceptors (Lipinski definition) is 4. The Bertz CT molecular complexity index is 1200. The molecule has 1 saturated heterocycles. The van der Waals surface area contributed by atoms with Crippen molar-refractivity contribution >= 4 is 17.5 Å². The maximum atomic E-state index is 13.9. The van der Waals surface area contributed by atoms with Crippen LogP contribution in [0.3, 0.4) is 0 Å². The lowest BCUT2D eigenvalue weighted by atomic mass is 9.95. The monoisotopic (exact) mass is 438 g/mol. The topological polar surface area (TPSA) is 95.2 Å². The number of halogens is 2. The maximum absolute atomic E-state index is 13.9. The maximum Gasteiger partial charge on any atom is 0.264 e. The zero-order valence-corrected chi connectivity index (χ0v) is 17.0. The molecule has 7 nitrogen and oxygen atoms in total. The number of hydrogen-bond donors (Lipinski definition) is 2. The highest BCUT2D eigenvalue weighted by Crippen LogP contribution is 2.24. The molecule has 1 aliphatic heterocycles. The molecule has 2 aromatic carbocycles. The van der Waals surface area contributed by atoms with Crippen molar-refractivity contribution in [3.8, 4) is 11.3 Å². The van der Waals surface area contributed by atoms with E-state index in [-0.39, 0.29) is 22.9 Å². The summed E-state index contributed by atoms with van der Waals surface area (Å²) >= 11 is 0. The Morgan fingerprint density at radius 3 is 2.50 bits per heavy atom. The molecule has 3 aromatic rings. The van der Waals surface area contributed by atoms with E-state index in [1.807, 2.05) is 6.07 Å². The molecule has 2 heterocycles. The van der Waals surface area contributed by atoms with Gasteiger partial charge >= 0.3 is 0 Å². The predicted octanol–water partition coefficient (Wildman–Crippen LogP) is 3.21. The van der Waals surface area contributed by atoms with Crippen LogP contribution in [0.15, 0.2) is 59.4 Å². The van der Waals surface area contributed by atoms with E-state index in [2.05, 4.69) is 15.5 Å². The number of aromatic nitrogens is 2. The van der Waals surface area contributed by atoms with Crippen LogP contribution in [0, 0.1) is 17.6 Å². The molecule has 0 unspecified atom stereocenters. The second-order valence-corrected chi connectivity index (χ2v) is 7.57. The molecule has 0 spiro atoms. The first-order valence-corrected chi connectivity index (χ1v) is 10.1. The summed E-state index contributed by atoms with van der Waals surface area (Å²) in [6, 6.07) is 12.9. The number of rotatable bonds is 4. The molecule has 1 fully saturated rings. The highest BCUT2D eigenvalue weighted by molar-refractivity contribution is 5.95. The van der Waals surface area contributed by atoms with Gasteiger partial charge in [0.05, 0.1) is 11.3 Å². The normalized spacial score (nSPS) is 14.2. The molecule has 164 valence electrons. The number of nitrogens with one attached hydrogen (secondary N) is 2. The molecule has 0 radical (unpaired) electrons. The molecule has 0 aliphatic carbocycles. The van der Waals surface area contributed by atoms with E-state index in [0.29, 0.717) is 43.4 Å². The zero-order valence-electron chi connectivity index (χ0n) is 17.0. The average Bonchev–Trinajstić information content (AvgIpc) is 2.79. The van der Waals surface area contributed by atoms with E-state index >= 15 is 0 Å². The van der Waals surface area contributed by atoms with Crippen molar-refractivity contribution < 1.29 is 18.4 Å². The average molecular weight is 438 g/mol. The van der Waals surface area contributed by atoms with Crippen LogP contribution in [0.1, 0.15) is 23.2 Å². The van der Waals surface area contributed by atoms with Crippen molar-refractivity contribution in [1.29, 1.82) is 0 Å². The SMILES string of the molecule is O=C(Nc1cccc(-c2ccc(=O)[nH]n2)c1)C1CCN(C(=O)c2ccc(F)cc2F)CC1. The molecule has 2 N–H and O–H groups in total. The Hall–Kier alpha value is -3.88. The van der Waals surface area contributed by atoms with Crippen LogP contribution in [0.25, 0.3) is 11.3 Å². The molecule has 0 atom stereocenters. The molecule has 0 bridgehead atoms. The fourth-order valence-corrected chi connectivity index (χ4v) is 3.68. The van der Waals surface area contributed by atoms with E-state index in [4.69, 9.17) is 0 Å². The number of likely N-dealkylation sites (tertiary alicyclic amines) is 1. The number of carbonyl (C=O) groups is 2. The Balaban J connectivity index is 1.37. The number of benzene rings is 2. The third-order valence-electron chi connectivity index (χ3n) is 5.42. The number of amides is 2. The van der Waals surface area contributed by atoms with Crippen molar-refractivity contribution in [3.05, 3.63) is 82.1 Å². The van der Waals surface area contributed by atoms with Gasteiger partial charge in [-0.05, 0) is 43.2 Å². The number of aromatic amines is 1. The third-order valence-corrected chi connectivity index (χ3v) is 5.42. The van der Waals surface area contributed by atoms with Crippen molar-refractivity contribution in [3.63, 3.8) is 0 Å². The van der Waals surface area contributed by atoms with Gasteiger partial charge in [-0.2, -0.15) is 5.10 Å². The van der Waals surface area contributed by atoms with Crippen LogP contribution in [0.4, 0.5) is 14.5 Å². The molecule has 1 aromatic heterocycles. The Labute approximate surface area is 182 Å². The van der Waals surface area contributed by atoms with Gasteiger partial charge in [0.15, 0.2) is 0 Å². The van der Waals surface area contributed by atoms with Crippen molar-refractivity contribution in [2.24, 2.45) is 5.92 Å². The van der Waals surface area contributed by atoms with Gasteiger partial charge in [0.1, 0.15) is 11.6 Å². The summed E-state index contributed by atoms with van der Waals surface area (Å²) in [6.07, 6.45) is 0.864. The Kier molecular flexibility index (Phi) is 6.07. The summed E-state index contributed by atoms with van der Waals surface area (Å²) < 4.78 is 27.0. The van der Waals surface area contributed by atoms with E-state index in [1.165, 1.54) is 11.0 Å². The number of anilines is 1. The lowest BCUT2D eigenvalue weighted by Crippen LogP contribution is -2.41. The largest absolute Gasteiger partial charge is 0.339 e. The zero-order chi connectivity index (χ0) is 22.7. The van der Waals surface area contributed by atoms with Gasteiger partial charge in [0, 0.05) is 42.4 Å². The second-order valence-electron chi connectivity index (χ2n) is 7.57. The molecular formula is C23H20F2N4O3. The summed E-state index contributed by atoms with van der Waals surface area (Å²) in [6.45, 7) is 0.601.